The number of piperidine rings is 1. The zero-order valence-corrected chi connectivity index (χ0v) is 15.0. The first-order valence-electron chi connectivity index (χ1n) is 7.67. The van der Waals surface area contributed by atoms with Crippen molar-refractivity contribution in [1.82, 2.24) is 15.2 Å². The molecule has 23 heavy (non-hydrogen) atoms. The van der Waals surface area contributed by atoms with Gasteiger partial charge in [0.05, 0.1) is 16.6 Å². The van der Waals surface area contributed by atoms with Crippen LogP contribution in [-0.4, -0.2) is 55.0 Å². The number of carbonyl (C=O) groups excluding carboxylic acids is 2. The lowest BCUT2D eigenvalue weighted by Gasteiger charge is -2.31. The summed E-state index contributed by atoms with van der Waals surface area (Å²) in [4.78, 5) is 30.2. The molecule has 0 bridgehead atoms. The van der Waals surface area contributed by atoms with Crippen molar-refractivity contribution in [3.63, 3.8) is 0 Å². The van der Waals surface area contributed by atoms with E-state index in [0.717, 1.165) is 23.5 Å². The summed E-state index contributed by atoms with van der Waals surface area (Å²) in [5.41, 5.74) is 0.831. The molecule has 1 fully saturated rings. The zero-order chi connectivity index (χ0) is 16.8. The Hall–Kier alpha value is -1.18. The Morgan fingerprint density at radius 2 is 2.30 bits per heavy atom. The van der Waals surface area contributed by atoms with Gasteiger partial charge in [-0.3, -0.25) is 9.59 Å². The van der Waals surface area contributed by atoms with E-state index in [2.05, 4.69) is 10.3 Å². The number of likely N-dealkylation sites (tertiary alicyclic amines) is 1. The van der Waals surface area contributed by atoms with Crippen LogP contribution in [0.5, 0.6) is 0 Å². The van der Waals surface area contributed by atoms with Crippen LogP contribution < -0.4 is 5.32 Å². The molecule has 0 aliphatic carbocycles. The average molecular weight is 360 g/mol. The molecule has 0 spiro atoms. The van der Waals surface area contributed by atoms with Gasteiger partial charge in [-0.15, -0.1) is 11.3 Å². The van der Waals surface area contributed by atoms with E-state index in [1.54, 1.807) is 4.90 Å². The van der Waals surface area contributed by atoms with E-state index in [-0.39, 0.29) is 24.3 Å². The number of aryl methyl sites for hydroxylation is 1. The second-order valence-corrected chi connectivity index (χ2v) is 7.31. The van der Waals surface area contributed by atoms with E-state index >= 15 is 0 Å². The first-order chi connectivity index (χ1) is 11.0. The molecule has 1 aromatic heterocycles. The lowest BCUT2D eigenvalue weighted by molar-refractivity contribution is -0.138. The van der Waals surface area contributed by atoms with E-state index in [0.29, 0.717) is 30.4 Å². The number of aromatic nitrogens is 1. The molecule has 1 unspecified atom stereocenters. The summed E-state index contributed by atoms with van der Waals surface area (Å²) in [7, 11) is 1.50. The Kier molecular flexibility index (Phi) is 6.80. The van der Waals surface area contributed by atoms with Crippen molar-refractivity contribution in [1.29, 1.82) is 0 Å². The molecule has 0 aromatic carbocycles. The number of methoxy groups -OCH3 is 1. The van der Waals surface area contributed by atoms with Crippen molar-refractivity contribution < 1.29 is 14.3 Å². The van der Waals surface area contributed by atoms with Gasteiger partial charge in [0, 0.05) is 33.2 Å². The molecule has 1 N–H and O–H groups in total. The molecule has 0 radical (unpaired) electrons. The first-order valence-corrected chi connectivity index (χ1v) is 8.87. The fourth-order valence-electron chi connectivity index (χ4n) is 2.61. The van der Waals surface area contributed by atoms with Crippen molar-refractivity contribution in [2.24, 2.45) is 5.92 Å². The van der Waals surface area contributed by atoms with Gasteiger partial charge in [0.25, 0.3) is 0 Å². The zero-order valence-electron chi connectivity index (χ0n) is 13.4. The third-order valence-corrected chi connectivity index (χ3v) is 5.35. The highest BCUT2D eigenvalue weighted by Crippen LogP contribution is 2.23. The van der Waals surface area contributed by atoms with Crippen LogP contribution in [0.15, 0.2) is 0 Å². The third kappa shape index (κ3) is 5.16. The summed E-state index contributed by atoms with van der Waals surface area (Å²) < 4.78 is 5.57. The van der Waals surface area contributed by atoms with Crippen LogP contribution in [-0.2, 0) is 20.7 Å². The molecule has 1 aliphatic rings. The fourth-order valence-corrected chi connectivity index (χ4v) is 3.70. The van der Waals surface area contributed by atoms with Gasteiger partial charge >= 0.3 is 0 Å². The number of halogens is 1. The topological polar surface area (TPSA) is 71.5 Å². The van der Waals surface area contributed by atoms with Crippen LogP contribution in [0, 0.1) is 12.8 Å². The van der Waals surface area contributed by atoms with Crippen LogP contribution in [0.25, 0.3) is 0 Å². The summed E-state index contributed by atoms with van der Waals surface area (Å²) >= 11 is 7.43. The number of carbonyl (C=O) groups is 2. The molecule has 2 rings (SSSR count). The number of nitrogens with one attached hydrogen (secondary N) is 1. The molecule has 2 amide bonds. The van der Waals surface area contributed by atoms with Crippen molar-refractivity contribution in [2.75, 3.05) is 33.4 Å². The SMILES string of the molecule is COCC(=O)N1CCCC(C(=O)NCCc2nc(C)c(Cl)s2)C1. The number of ether oxygens (including phenoxy) is 1. The van der Waals surface area contributed by atoms with Crippen LogP contribution in [0.4, 0.5) is 0 Å². The number of amides is 2. The number of hydrogen-bond donors (Lipinski definition) is 1. The smallest absolute Gasteiger partial charge is 0.248 e. The van der Waals surface area contributed by atoms with Gasteiger partial charge in [-0.25, -0.2) is 4.98 Å². The predicted molar refractivity (Wildman–Crippen MR) is 89.8 cm³/mol. The summed E-state index contributed by atoms with van der Waals surface area (Å²) in [6.07, 6.45) is 2.32. The highest BCUT2D eigenvalue weighted by Gasteiger charge is 2.28. The van der Waals surface area contributed by atoms with E-state index < -0.39 is 0 Å². The monoisotopic (exact) mass is 359 g/mol. The van der Waals surface area contributed by atoms with Crippen LogP contribution in [0.3, 0.4) is 0 Å². The van der Waals surface area contributed by atoms with Gasteiger partial charge in [0.1, 0.15) is 10.9 Å². The molecular weight excluding hydrogens is 338 g/mol. The van der Waals surface area contributed by atoms with Gasteiger partial charge in [-0.05, 0) is 19.8 Å². The number of rotatable bonds is 6. The van der Waals surface area contributed by atoms with E-state index in [4.69, 9.17) is 16.3 Å². The van der Waals surface area contributed by atoms with Crippen molar-refractivity contribution in [2.45, 2.75) is 26.2 Å². The normalized spacial score (nSPS) is 18.0. The van der Waals surface area contributed by atoms with Crippen LogP contribution >= 0.6 is 22.9 Å². The summed E-state index contributed by atoms with van der Waals surface area (Å²) in [6, 6.07) is 0. The minimum absolute atomic E-state index is 0.000656. The highest BCUT2D eigenvalue weighted by atomic mass is 35.5. The molecule has 6 nitrogen and oxygen atoms in total. The summed E-state index contributed by atoms with van der Waals surface area (Å²) in [5.74, 6) is -0.205. The molecule has 8 heteroatoms. The first kappa shape index (κ1) is 18.2. The van der Waals surface area contributed by atoms with Crippen molar-refractivity contribution >= 4 is 34.8 Å². The second kappa shape index (κ2) is 8.61. The Morgan fingerprint density at radius 1 is 1.52 bits per heavy atom. The van der Waals surface area contributed by atoms with Gasteiger partial charge in [-0.1, -0.05) is 11.6 Å². The van der Waals surface area contributed by atoms with Gasteiger partial charge in [0.15, 0.2) is 0 Å². The minimum Gasteiger partial charge on any atom is -0.375 e. The Balaban J connectivity index is 1.77. The molecule has 2 heterocycles. The molecule has 1 aromatic rings. The van der Waals surface area contributed by atoms with Crippen molar-refractivity contribution in [3.05, 3.63) is 15.0 Å². The average Bonchev–Trinajstić information content (AvgIpc) is 2.86. The molecular formula is C15H22ClN3O3S. The number of hydrogen-bond acceptors (Lipinski definition) is 5. The molecule has 1 atom stereocenters. The third-order valence-electron chi connectivity index (χ3n) is 3.84. The summed E-state index contributed by atoms with van der Waals surface area (Å²) in [6.45, 7) is 3.64. The maximum atomic E-state index is 12.3. The van der Waals surface area contributed by atoms with E-state index in [1.807, 2.05) is 6.92 Å². The predicted octanol–water partition coefficient (Wildman–Crippen LogP) is 1.65. The molecule has 128 valence electrons. The lowest BCUT2D eigenvalue weighted by atomic mass is 9.97. The van der Waals surface area contributed by atoms with Crippen molar-refractivity contribution in [3.8, 4) is 0 Å². The second-order valence-electron chi connectivity index (χ2n) is 5.62. The minimum atomic E-state index is -0.147. The van der Waals surface area contributed by atoms with Gasteiger partial charge in [-0.2, -0.15) is 0 Å². The fraction of sp³-hybridized carbons (Fsp3) is 0.667. The Labute approximate surface area is 145 Å². The number of thiazole rings is 1. The standard InChI is InChI=1S/C15H22ClN3O3S/c1-10-14(16)23-12(18-10)5-6-17-15(21)11-4-3-7-19(8-11)13(20)9-22-2/h11H,3-9H2,1-2H3,(H,17,21). The molecule has 1 saturated heterocycles. The van der Waals surface area contributed by atoms with Gasteiger partial charge in [0.2, 0.25) is 11.8 Å². The van der Waals surface area contributed by atoms with E-state index in [9.17, 15) is 9.59 Å². The van der Waals surface area contributed by atoms with Gasteiger partial charge < -0.3 is 15.0 Å². The maximum absolute atomic E-state index is 12.3. The quantitative estimate of drug-likeness (QED) is 0.838. The van der Waals surface area contributed by atoms with E-state index in [1.165, 1.54) is 18.4 Å². The highest BCUT2D eigenvalue weighted by molar-refractivity contribution is 7.16. The largest absolute Gasteiger partial charge is 0.375 e. The molecule has 0 saturated carbocycles. The van der Waals surface area contributed by atoms with Crippen LogP contribution in [0.1, 0.15) is 23.5 Å². The molecule has 1 aliphatic heterocycles. The Bertz CT molecular complexity index is 545. The lowest BCUT2D eigenvalue weighted by Crippen LogP contribution is -2.46. The summed E-state index contributed by atoms with van der Waals surface area (Å²) in [5, 5.41) is 3.86. The van der Waals surface area contributed by atoms with Crippen LogP contribution in [0.2, 0.25) is 4.34 Å². The Morgan fingerprint density at radius 3 is 2.96 bits per heavy atom. The maximum Gasteiger partial charge on any atom is 0.248 e. The number of nitrogens with zero attached hydrogens (tertiary/aromatic N) is 2.